The monoisotopic (exact) mass is 448 g/mol. The van der Waals surface area contributed by atoms with Gasteiger partial charge in [0.1, 0.15) is 11.5 Å². The van der Waals surface area contributed by atoms with Gasteiger partial charge in [0.05, 0.1) is 6.04 Å². The normalized spacial score (nSPS) is 16.8. The van der Waals surface area contributed by atoms with Gasteiger partial charge in [0.2, 0.25) is 0 Å². The number of hydrogen-bond acceptors (Lipinski definition) is 3. The molecule has 24 heavy (non-hydrogen) atoms. The maximum Gasteiger partial charge on any atom is 0.193 e. The summed E-state index contributed by atoms with van der Waals surface area (Å²) >= 11 is 0. The Balaban J connectivity index is 0.00000288. The van der Waals surface area contributed by atoms with E-state index in [9.17, 15) is 0 Å². The molecular weight excluding hydrogens is 415 g/mol. The maximum absolute atomic E-state index is 5.91. The van der Waals surface area contributed by atoms with E-state index < -0.39 is 0 Å². The van der Waals surface area contributed by atoms with Gasteiger partial charge in [-0.3, -0.25) is 9.89 Å². The fraction of sp³-hybridized carbons (Fsp3) is 0.722. The number of furan rings is 1. The van der Waals surface area contributed by atoms with Gasteiger partial charge in [-0.1, -0.05) is 13.3 Å². The molecule has 0 saturated carbocycles. The molecule has 0 bridgehead atoms. The number of nitrogens with one attached hydrogen (secondary N) is 1. The van der Waals surface area contributed by atoms with Gasteiger partial charge in [-0.05, 0) is 51.4 Å². The summed E-state index contributed by atoms with van der Waals surface area (Å²) in [6.45, 7) is 8.38. The Hall–Kier alpha value is -0.760. The molecule has 0 aromatic carbocycles. The highest BCUT2D eigenvalue weighted by Crippen LogP contribution is 2.26. The number of guanidine groups is 1. The van der Waals surface area contributed by atoms with Gasteiger partial charge >= 0.3 is 0 Å². The minimum absolute atomic E-state index is 0. The number of nitrogens with zero attached hydrogens (tertiary/aromatic N) is 3. The highest BCUT2D eigenvalue weighted by molar-refractivity contribution is 14.0. The second-order valence-electron chi connectivity index (χ2n) is 6.41. The first kappa shape index (κ1) is 21.3. The number of aliphatic imine (C=N–C) groups is 1. The highest BCUT2D eigenvalue weighted by atomic mass is 127. The fourth-order valence-corrected chi connectivity index (χ4v) is 3.17. The summed E-state index contributed by atoms with van der Waals surface area (Å²) in [5.74, 6) is 3.00. The third-order valence-electron chi connectivity index (χ3n) is 4.54. The summed E-state index contributed by atoms with van der Waals surface area (Å²) in [7, 11) is 3.96. The molecule has 138 valence electrons. The van der Waals surface area contributed by atoms with Crippen LogP contribution in [0.25, 0.3) is 0 Å². The lowest BCUT2D eigenvalue weighted by Gasteiger charge is -2.28. The summed E-state index contributed by atoms with van der Waals surface area (Å²) in [6, 6.07) is 4.45. The zero-order valence-electron chi connectivity index (χ0n) is 15.5. The van der Waals surface area contributed by atoms with Gasteiger partial charge in [-0.15, -0.1) is 24.0 Å². The molecule has 1 aromatic heterocycles. The van der Waals surface area contributed by atoms with Crippen molar-refractivity contribution in [2.24, 2.45) is 4.99 Å². The molecule has 6 heteroatoms. The number of halogens is 1. The van der Waals surface area contributed by atoms with E-state index in [0.29, 0.717) is 0 Å². The van der Waals surface area contributed by atoms with Crippen LogP contribution >= 0.6 is 24.0 Å². The van der Waals surface area contributed by atoms with Crippen LogP contribution in [0.3, 0.4) is 0 Å². The lowest BCUT2D eigenvalue weighted by Crippen LogP contribution is -2.43. The predicted molar refractivity (Wildman–Crippen MR) is 111 cm³/mol. The molecule has 5 nitrogen and oxygen atoms in total. The minimum Gasteiger partial charge on any atom is -0.465 e. The van der Waals surface area contributed by atoms with Crippen LogP contribution in [0, 0.1) is 6.92 Å². The van der Waals surface area contributed by atoms with Crippen molar-refractivity contribution in [3.63, 3.8) is 0 Å². The quantitative estimate of drug-likeness (QED) is 0.393. The summed E-state index contributed by atoms with van der Waals surface area (Å²) in [4.78, 5) is 9.15. The predicted octanol–water partition coefficient (Wildman–Crippen LogP) is 3.65. The van der Waals surface area contributed by atoms with Crippen LogP contribution in [0.15, 0.2) is 21.5 Å². The van der Waals surface area contributed by atoms with E-state index in [1.54, 1.807) is 0 Å². The average Bonchev–Trinajstić information content (AvgIpc) is 3.21. The largest absolute Gasteiger partial charge is 0.465 e. The van der Waals surface area contributed by atoms with Crippen LogP contribution in [0.1, 0.15) is 50.2 Å². The first-order valence-corrected chi connectivity index (χ1v) is 8.88. The molecule has 1 N–H and O–H groups in total. The van der Waals surface area contributed by atoms with Gasteiger partial charge in [-0.2, -0.15) is 0 Å². The molecule has 1 aliphatic rings. The molecule has 1 aliphatic heterocycles. The third-order valence-corrected chi connectivity index (χ3v) is 4.54. The van der Waals surface area contributed by atoms with Crippen LogP contribution in [0.2, 0.25) is 0 Å². The summed E-state index contributed by atoms with van der Waals surface area (Å²) < 4.78 is 5.91. The van der Waals surface area contributed by atoms with E-state index in [0.717, 1.165) is 43.7 Å². The van der Waals surface area contributed by atoms with Crippen molar-refractivity contribution in [1.29, 1.82) is 0 Å². The van der Waals surface area contributed by atoms with Crippen molar-refractivity contribution in [1.82, 2.24) is 15.1 Å². The molecule has 0 radical (unpaired) electrons. The van der Waals surface area contributed by atoms with Crippen LogP contribution in [0.4, 0.5) is 0 Å². The molecule has 2 rings (SSSR count). The molecule has 1 aromatic rings. The van der Waals surface area contributed by atoms with Crippen molar-refractivity contribution in [2.75, 3.05) is 40.3 Å². The van der Waals surface area contributed by atoms with Gasteiger partial charge in [-0.25, -0.2) is 0 Å². The molecule has 1 saturated heterocycles. The Morgan fingerprint density at radius 1 is 1.38 bits per heavy atom. The minimum atomic E-state index is 0. The molecule has 0 aliphatic carbocycles. The fourth-order valence-electron chi connectivity index (χ4n) is 3.17. The van der Waals surface area contributed by atoms with Crippen molar-refractivity contribution in [2.45, 2.75) is 45.6 Å². The number of likely N-dealkylation sites (tertiary alicyclic amines) is 1. The molecule has 0 amide bonds. The number of rotatable bonds is 7. The SMILES string of the molecule is CCCCN(C)C(=NC)NCC(c1ccc(C)o1)N1CCCC1.I. The third kappa shape index (κ3) is 5.95. The van der Waals surface area contributed by atoms with Gasteiger partial charge < -0.3 is 14.6 Å². The van der Waals surface area contributed by atoms with Crippen molar-refractivity contribution < 1.29 is 4.42 Å². The van der Waals surface area contributed by atoms with E-state index in [-0.39, 0.29) is 30.0 Å². The van der Waals surface area contributed by atoms with E-state index >= 15 is 0 Å². The summed E-state index contributed by atoms with van der Waals surface area (Å²) in [6.07, 6.45) is 4.94. The maximum atomic E-state index is 5.91. The molecule has 0 spiro atoms. The molecule has 2 heterocycles. The first-order valence-electron chi connectivity index (χ1n) is 8.88. The Bertz CT molecular complexity index is 497. The van der Waals surface area contributed by atoms with E-state index in [1.807, 2.05) is 14.0 Å². The summed E-state index contributed by atoms with van der Waals surface area (Å²) in [5, 5.41) is 3.54. The smallest absolute Gasteiger partial charge is 0.193 e. The van der Waals surface area contributed by atoms with Crippen LogP contribution in [-0.4, -0.2) is 56.0 Å². The zero-order chi connectivity index (χ0) is 16.7. The van der Waals surface area contributed by atoms with Gasteiger partial charge in [0.25, 0.3) is 0 Å². The standard InChI is InChI=1S/C18H32N4O.HI/c1-5-6-11-21(4)18(19-3)20-14-16(22-12-7-8-13-22)17-10-9-15(2)23-17;/h9-10,16H,5-8,11-14H2,1-4H3,(H,19,20);1H. The first-order chi connectivity index (χ1) is 11.2. The Kier molecular flexibility index (Phi) is 9.73. The lowest BCUT2D eigenvalue weighted by molar-refractivity contribution is 0.212. The highest BCUT2D eigenvalue weighted by Gasteiger charge is 2.26. The molecule has 1 atom stereocenters. The topological polar surface area (TPSA) is 44.0 Å². The second kappa shape index (κ2) is 11.0. The average molecular weight is 448 g/mol. The van der Waals surface area contributed by atoms with Crippen molar-refractivity contribution in [3.05, 3.63) is 23.7 Å². The van der Waals surface area contributed by atoms with Crippen LogP contribution < -0.4 is 5.32 Å². The summed E-state index contributed by atoms with van der Waals surface area (Å²) in [5.41, 5.74) is 0. The molecular formula is C18H33IN4O. The molecule has 1 unspecified atom stereocenters. The zero-order valence-corrected chi connectivity index (χ0v) is 17.9. The Morgan fingerprint density at radius 2 is 2.08 bits per heavy atom. The Morgan fingerprint density at radius 3 is 2.62 bits per heavy atom. The van der Waals surface area contributed by atoms with Crippen LogP contribution in [-0.2, 0) is 0 Å². The lowest BCUT2D eigenvalue weighted by atomic mass is 10.2. The second-order valence-corrected chi connectivity index (χ2v) is 6.41. The number of unbranched alkanes of at least 4 members (excludes halogenated alkanes) is 1. The van der Waals surface area contributed by atoms with E-state index in [1.165, 1.54) is 25.7 Å². The number of aryl methyl sites for hydroxylation is 1. The molecule has 1 fully saturated rings. The van der Waals surface area contributed by atoms with Gasteiger partial charge in [0, 0.05) is 27.2 Å². The van der Waals surface area contributed by atoms with Crippen molar-refractivity contribution >= 4 is 29.9 Å². The van der Waals surface area contributed by atoms with Crippen molar-refractivity contribution in [3.8, 4) is 0 Å². The van der Waals surface area contributed by atoms with Crippen LogP contribution in [0.5, 0.6) is 0 Å². The van der Waals surface area contributed by atoms with E-state index in [2.05, 4.69) is 46.2 Å². The van der Waals surface area contributed by atoms with Gasteiger partial charge in [0.15, 0.2) is 5.96 Å². The number of hydrogen-bond donors (Lipinski definition) is 1. The Labute approximate surface area is 163 Å². The van der Waals surface area contributed by atoms with E-state index in [4.69, 9.17) is 4.42 Å².